The summed E-state index contributed by atoms with van der Waals surface area (Å²) in [5.74, 6) is 0. The Morgan fingerprint density at radius 2 is 2.40 bits per heavy atom. The first-order valence-corrected chi connectivity index (χ1v) is 5.78. The molecule has 0 bridgehead atoms. The Bertz CT molecular complexity index is 252. The highest BCUT2D eigenvalue weighted by Gasteiger charge is 2.35. The van der Waals surface area contributed by atoms with E-state index in [1.165, 1.54) is 19.3 Å². The molecule has 0 N–H and O–H groups in total. The van der Waals surface area contributed by atoms with Crippen molar-refractivity contribution in [2.45, 2.75) is 37.8 Å². The van der Waals surface area contributed by atoms with Crippen LogP contribution in [0, 0.1) is 0 Å². The lowest BCUT2D eigenvalue weighted by Gasteiger charge is -2.37. The molecule has 84 valence electrons. The predicted molar refractivity (Wildman–Crippen MR) is 57.6 cm³/mol. The largest absolute Gasteiger partial charge is 0.375 e. The van der Waals surface area contributed by atoms with E-state index in [-0.39, 0.29) is 0 Å². The summed E-state index contributed by atoms with van der Waals surface area (Å²) in [7, 11) is 0. The summed E-state index contributed by atoms with van der Waals surface area (Å²) in [6.07, 6.45) is 5.22. The molecule has 1 aliphatic carbocycles. The zero-order valence-electron chi connectivity index (χ0n) is 9.01. The summed E-state index contributed by atoms with van der Waals surface area (Å²) < 4.78 is 5.74. The lowest BCUT2D eigenvalue weighted by molar-refractivity contribution is -0.0554. The van der Waals surface area contributed by atoms with Crippen molar-refractivity contribution in [1.82, 2.24) is 4.90 Å². The molecule has 2 fully saturated rings. The normalized spacial score (nSPS) is 30.9. The monoisotopic (exact) mass is 210 g/mol. The molecule has 1 saturated carbocycles. The average Bonchev–Trinajstić information content (AvgIpc) is 2.73. The Kier molecular flexibility index (Phi) is 3.83. The fourth-order valence-electron chi connectivity index (χ4n) is 2.67. The van der Waals surface area contributed by atoms with Gasteiger partial charge in [0.05, 0.1) is 12.7 Å². The van der Waals surface area contributed by atoms with Crippen LogP contribution in [-0.4, -0.2) is 43.3 Å². The van der Waals surface area contributed by atoms with Crippen molar-refractivity contribution >= 4 is 0 Å². The first-order chi connectivity index (χ1) is 7.42. The van der Waals surface area contributed by atoms with Crippen LogP contribution in [0.4, 0.5) is 0 Å². The van der Waals surface area contributed by atoms with E-state index in [0.29, 0.717) is 18.7 Å². The van der Waals surface area contributed by atoms with E-state index in [4.69, 9.17) is 10.3 Å². The molecule has 15 heavy (non-hydrogen) atoms. The molecule has 1 heterocycles. The van der Waals surface area contributed by atoms with Crippen LogP contribution >= 0.6 is 0 Å². The first-order valence-electron chi connectivity index (χ1n) is 5.78. The van der Waals surface area contributed by atoms with Gasteiger partial charge in [-0.1, -0.05) is 5.11 Å². The van der Waals surface area contributed by atoms with Crippen LogP contribution in [0.1, 0.15) is 25.7 Å². The smallest absolute Gasteiger partial charge is 0.0730 e. The van der Waals surface area contributed by atoms with Crippen LogP contribution in [0.2, 0.25) is 0 Å². The van der Waals surface area contributed by atoms with E-state index in [1.807, 2.05) is 0 Å². The maximum atomic E-state index is 8.18. The van der Waals surface area contributed by atoms with Gasteiger partial charge in [0.1, 0.15) is 0 Å². The van der Waals surface area contributed by atoms with E-state index < -0.39 is 0 Å². The van der Waals surface area contributed by atoms with Crippen LogP contribution < -0.4 is 0 Å². The molecular weight excluding hydrogens is 192 g/mol. The third-order valence-electron chi connectivity index (χ3n) is 3.36. The van der Waals surface area contributed by atoms with Crippen molar-refractivity contribution in [1.29, 1.82) is 0 Å². The lowest BCUT2D eigenvalue weighted by atomic mass is 10.1. The van der Waals surface area contributed by atoms with Gasteiger partial charge in [0, 0.05) is 24.0 Å². The van der Waals surface area contributed by atoms with Gasteiger partial charge < -0.3 is 4.74 Å². The number of azide groups is 1. The highest BCUT2D eigenvalue weighted by atomic mass is 16.5. The lowest BCUT2D eigenvalue weighted by Crippen LogP contribution is -2.48. The van der Waals surface area contributed by atoms with Crippen molar-refractivity contribution in [2.75, 3.05) is 26.2 Å². The Morgan fingerprint density at radius 3 is 3.27 bits per heavy atom. The summed E-state index contributed by atoms with van der Waals surface area (Å²) in [6, 6.07) is 0.629. The van der Waals surface area contributed by atoms with Crippen LogP contribution in [0.5, 0.6) is 0 Å². The van der Waals surface area contributed by atoms with Crippen molar-refractivity contribution in [3.05, 3.63) is 10.4 Å². The molecule has 1 saturated heterocycles. The highest BCUT2D eigenvalue weighted by Crippen LogP contribution is 2.29. The number of hydrogen-bond acceptors (Lipinski definition) is 3. The number of fused-ring (bicyclic) bond motifs is 1. The van der Waals surface area contributed by atoms with Crippen molar-refractivity contribution in [3.8, 4) is 0 Å². The van der Waals surface area contributed by atoms with E-state index in [9.17, 15) is 0 Å². The van der Waals surface area contributed by atoms with Gasteiger partial charge in [-0.05, 0) is 37.8 Å². The molecule has 0 aromatic heterocycles. The minimum absolute atomic E-state index is 0.471. The fraction of sp³-hybridized carbons (Fsp3) is 1.00. The highest BCUT2D eigenvalue weighted by molar-refractivity contribution is 4.89. The molecule has 2 atom stereocenters. The molecule has 0 amide bonds. The second-order valence-electron chi connectivity index (χ2n) is 4.25. The first kappa shape index (κ1) is 10.7. The summed E-state index contributed by atoms with van der Waals surface area (Å²) in [5, 5.41) is 3.56. The number of nitrogens with zero attached hydrogens (tertiary/aromatic N) is 4. The summed E-state index contributed by atoms with van der Waals surface area (Å²) in [5.41, 5.74) is 8.18. The van der Waals surface area contributed by atoms with Gasteiger partial charge in [-0.25, -0.2) is 0 Å². The number of morpholine rings is 1. The van der Waals surface area contributed by atoms with Gasteiger partial charge in [-0.2, -0.15) is 0 Å². The van der Waals surface area contributed by atoms with Crippen LogP contribution in [0.15, 0.2) is 5.11 Å². The molecule has 5 heteroatoms. The Labute approximate surface area is 90.0 Å². The molecule has 0 aromatic rings. The van der Waals surface area contributed by atoms with Gasteiger partial charge in [0.2, 0.25) is 0 Å². The standard InChI is InChI=1S/C10H18N4O/c11-13-12-5-2-6-14-7-8-15-10-4-1-3-9(10)14/h9-10H,1-8H2. The molecule has 1 aliphatic heterocycles. The minimum Gasteiger partial charge on any atom is -0.375 e. The second-order valence-corrected chi connectivity index (χ2v) is 4.25. The van der Waals surface area contributed by atoms with Crippen LogP contribution in [0.3, 0.4) is 0 Å². The molecule has 0 spiro atoms. The molecule has 5 nitrogen and oxygen atoms in total. The van der Waals surface area contributed by atoms with Crippen molar-refractivity contribution in [2.24, 2.45) is 5.11 Å². The van der Waals surface area contributed by atoms with E-state index in [1.54, 1.807) is 0 Å². The maximum Gasteiger partial charge on any atom is 0.0730 e. The molecule has 0 aromatic carbocycles. The molecule has 2 aliphatic rings. The topological polar surface area (TPSA) is 61.2 Å². The zero-order valence-corrected chi connectivity index (χ0v) is 9.01. The van der Waals surface area contributed by atoms with Crippen molar-refractivity contribution in [3.63, 3.8) is 0 Å². The molecule has 0 radical (unpaired) electrons. The van der Waals surface area contributed by atoms with Crippen molar-refractivity contribution < 1.29 is 4.74 Å². The van der Waals surface area contributed by atoms with E-state index >= 15 is 0 Å². The zero-order chi connectivity index (χ0) is 10.5. The van der Waals surface area contributed by atoms with Gasteiger partial charge >= 0.3 is 0 Å². The van der Waals surface area contributed by atoms with Gasteiger partial charge in [-0.15, -0.1) is 0 Å². The Hall–Kier alpha value is -0.770. The minimum atomic E-state index is 0.471. The Balaban J connectivity index is 1.77. The SMILES string of the molecule is [N-]=[N+]=NCCCN1CCOC2CCCC21. The van der Waals surface area contributed by atoms with Crippen LogP contribution in [-0.2, 0) is 4.74 Å². The summed E-state index contributed by atoms with van der Waals surface area (Å²) in [4.78, 5) is 5.27. The average molecular weight is 210 g/mol. The Morgan fingerprint density at radius 1 is 1.47 bits per heavy atom. The van der Waals surface area contributed by atoms with Crippen LogP contribution in [0.25, 0.3) is 10.4 Å². The quantitative estimate of drug-likeness (QED) is 0.308. The molecule has 2 unspecified atom stereocenters. The molecular formula is C10H18N4O. The second kappa shape index (κ2) is 5.35. The van der Waals surface area contributed by atoms with E-state index in [2.05, 4.69) is 14.9 Å². The third-order valence-corrected chi connectivity index (χ3v) is 3.36. The number of hydrogen-bond donors (Lipinski definition) is 0. The number of rotatable bonds is 4. The third kappa shape index (κ3) is 2.62. The van der Waals surface area contributed by atoms with Gasteiger partial charge in [0.15, 0.2) is 0 Å². The summed E-state index contributed by atoms with van der Waals surface area (Å²) in [6.45, 7) is 3.56. The summed E-state index contributed by atoms with van der Waals surface area (Å²) >= 11 is 0. The predicted octanol–water partition coefficient (Wildman–Crippen LogP) is 1.94. The van der Waals surface area contributed by atoms with Gasteiger partial charge in [0.25, 0.3) is 0 Å². The number of ether oxygens (including phenoxy) is 1. The fourth-order valence-corrected chi connectivity index (χ4v) is 2.67. The molecule has 2 rings (SSSR count). The van der Waals surface area contributed by atoms with E-state index in [0.717, 1.165) is 26.1 Å². The maximum absolute atomic E-state index is 8.18. The van der Waals surface area contributed by atoms with Gasteiger partial charge in [-0.3, -0.25) is 4.90 Å².